The summed E-state index contributed by atoms with van der Waals surface area (Å²) in [6.45, 7) is 5.63. The molecule has 0 atom stereocenters. The number of benzene rings is 2. The number of hydrogen-bond acceptors (Lipinski definition) is 5. The SMILES string of the molecule is CCOC(=O)Cc1ccc(NC(=O)CCc2ccc(S(=O)(=O)NC(C)C)cc2)cc1. The summed E-state index contributed by atoms with van der Waals surface area (Å²) in [6.07, 6.45) is 0.950. The molecule has 0 bridgehead atoms. The number of anilines is 1. The number of esters is 1. The summed E-state index contributed by atoms with van der Waals surface area (Å²) in [5.41, 5.74) is 2.33. The predicted molar refractivity (Wildman–Crippen MR) is 116 cm³/mol. The zero-order valence-electron chi connectivity index (χ0n) is 17.5. The van der Waals surface area contributed by atoms with E-state index in [0.717, 1.165) is 11.1 Å². The molecule has 0 fully saturated rings. The molecule has 1 amide bonds. The highest BCUT2D eigenvalue weighted by molar-refractivity contribution is 7.89. The van der Waals surface area contributed by atoms with Crippen LogP contribution in [0.15, 0.2) is 53.4 Å². The van der Waals surface area contributed by atoms with Gasteiger partial charge in [-0.3, -0.25) is 9.59 Å². The first-order valence-electron chi connectivity index (χ1n) is 9.85. The van der Waals surface area contributed by atoms with Crippen LogP contribution in [0.25, 0.3) is 0 Å². The van der Waals surface area contributed by atoms with Crippen molar-refractivity contribution in [2.45, 2.75) is 51.0 Å². The Hall–Kier alpha value is -2.71. The standard InChI is InChI=1S/C22H28N2O5S/c1-4-29-22(26)15-18-5-10-19(11-6-18)23-21(25)14-9-17-7-12-20(13-8-17)30(27,28)24-16(2)3/h5-8,10-13,16,24H,4,9,14-15H2,1-3H3,(H,23,25). The van der Waals surface area contributed by atoms with Gasteiger partial charge in [0.2, 0.25) is 15.9 Å². The quantitative estimate of drug-likeness (QED) is 0.562. The van der Waals surface area contributed by atoms with Crippen LogP contribution in [-0.4, -0.2) is 32.9 Å². The van der Waals surface area contributed by atoms with Crippen molar-refractivity contribution < 1.29 is 22.7 Å². The number of amides is 1. The Morgan fingerprint density at radius 1 is 0.967 bits per heavy atom. The van der Waals surface area contributed by atoms with Crippen LogP contribution in [0.5, 0.6) is 0 Å². The van der Waals surface area contributed by atoms with Gasteiger partial charge < -0.3 is 10.1 Å². The van der Waals surface area contributed by atoms with Crippen LogP contribution in [0.1, 0.15) is 38.3 Å². The van der Waals surface area contributed by atoms with Gasteiger partial charge in [-0.2, -0.15) is 0 Å². The molecule has 8 heteroatoms. The van der Waals surface area contributed by atoms with Gasteiger partial charge in [0.1, 0.15) is 0 Å². The Balaban J connectivity index is 1.85. The maximum Gasteiger partial charge on any atom is 0.310 e. The van der Waals surface area contributed by atoms with Crippen molar-refractivity contribution >= 4 is 27.6 Å². The number of ether oxygens (including phenoxy) is 1. The number of hydrogen-bond donors (Lipinski definition) is 2. The molecule has 2 N–H and O–H groups in total. The molecule has 0 heterocycles. The van der Waals surface area contributed by atoms with Crippen LogP contribution in [0.4, 0.5) is 5.69 Å². The van der Waals surface area contributed by atoms with Gasteiger partial charge in [0.25, 0.3) is 0 Å². The van der Waals surface area contributed by atoms with Gasteiger partial charge in [-0.05, 0) is 62.6 Å². The highest BCUT2D eigenvalue weighted by Gasteiger charge is 2.15. The topological polar surface area (TPSA) is 102 Å². The molecule has 0 aliphatic carbocycles. The van der Waals surface area contributed by atoms with Crippen LogP contribution < -0.4 is 10.0 Å². The number of carbonyl (C=O) groups is 2. The molecule has 0 aliphatic heterocycles. The molecule has 0 spiro atoms. The van der Waals surface area contributed by atoms with Crippen LogP contribution in [0.2, 0.25) is 0 Å². The minimum absolute atomic E-state index is 0.147. The molecular formula is C22H28N2O5S. The van der Waals surface area contributed by atoms with Gasteiger partial charge in [0, 0.05) is 18.2 Å². The fourth-order valence-electron chi connectivity index (χ4n) is 2.78. The molecule has 0 saturated heterocycles. The van der Waals surface area contributed by atoms with Crippen LogP contribution >= 0.6 is 0 Å². The summed E-state index contributed by atoms with van der Waals surface area (Å²) in [5, 5.41) is 2.81. The molecule has 2 aromatic rings. The maximum atomic E-state index is 12.2. The predicted octanol–water partition coefficient (Wildman–Crippen LogP) is 3.05. The summed E-state index contributed by atoms with van der Waals surface area (Å²) in [4.78, 5) is 23.9. The van der Waals surface area contributed by atoms with Gasteiger partial charge in [-0.1, -0.05) is 24.3 Å². The van der Waals surface area contributed by atoms with Crippen LogP contribution in [0, 0.1) is 0 Å². The Morgan fingerprint density at radius 3 is 2.13 bits per heavy atom. The summed E-state index contributed by atoms with van der Waals surface area (Å²) < 4.78 is 31.7. The van der Waals surface area contributed by atoms with Gasteiger partial charge in [0.05, 0.1) is 17.9 Å². The third-order valence-corrected chi connectivity index (χ3v) is 5.83. The molecule has 0 aromatic heterocycles. The number of sulfonamides is 1. The summed E-state index contributed by atoms with van der Waals surface area (Å²) in [5.74, 6) is -0.431. The zero-order chi connectivity index (χ0) is 22.1. The van der Waals surface area contributed by atoms with Crippen molar-refractivity contribution in [3.63, 3.8) is 0 Å². The molecule has 0 aliphatic rings. The molecule has 162 valence electrons. The first-order chi connectivity index (χ1) is 14.2. The van der Waals surface area contributed by atoms with E-state index in [2.05, 4.69) is 10.0 Å². The maximum absolute atomic E-state index is 12.2. The number of aryl methyl sites for hydroxylation is 1. The first-order valence-corrected chi connectivity index (χ1v) is 11.3. The fraction of sp³-hybridized carbons (Fsp3) is 0.364. The Kier molecular flexibility index (Phi) is 8.56. The van der Waals surface area contributed by atoms with Crippen molar-refractivity contribution in [2.24, 2.45) is 0 Å². The van der Waals surface area contributed by atoms with Gasteiger partial charge in [-0.15, -0.1) is 0 Å². The Labute approximate surface area is 177 Å². The highest BCUT2D eigenvalue weighted by atomic mass is 32.2. The number of rotatable bonds is 10. The lowest BCUT2D eigenvalue weighted by atomic mass is 10.1. The van der Waals surface area contributed by atoms with Crippen LogP contribution in [0.3, 0.4) is 0 Å². The third-order valence-electron chi connectivity index (χ3n) is 4.16. The first kappa shape index (κ1) is 23.6. The van der Waals surface area contributed by atoms with E-state index < -0.39 is 10.0 Å². The van der Waals surface area contributed by atoms with E-state index in [-0.39, 0.29) is 35.7 Å². The van der Waals surface area contributed by atoms with E-state index >= 15 is 0 Å². The second kappa shape index (κ2) is 10.9. The summed E-state index contributed by atoms with van der Waals surface area (Å²) in [6, 6.07) is 13.4. The lowest BCUT2D eigenvalue weighted by Gasteiger charge is -2.10. The van der Waals surface area contributed by atoms with Crippen molar-refractivity contribution in [3.05, 3.63) is 59.7 Å². The Morgan fingerprint density at radius 2 is 1.57 bits per heavy atom. The second-order valence-electron chi connectivity index (χ2n) is 7.15. The second-order valence-corrected chi connectivity index (χ2v) is 8.86. The highest BCUT2D eigenvalue weighted by Crippen LogP contribution is 2.14. The van der Waals surface area contributed by atoms with Crippen molar-refractivity contribution in [3.8, 4) is 0 Å². The average molecular weight is 433 g/mol. The van der Waals surface area contributed by atoms with Gasteiger partial charge >= 0.3 is 5.97 Å². The minimum atomic E-state index is -3.52. The molecule has 30 heavy (non-hydrogen) atoms. The number of nitrogens with one attached hydrogen (secondary N) is 2. The molecule has 0 unspecified atom stereocenters. The normalized spacial score (nSPS) is 11.3. The van der Waals surface area contributed by atoms with E-state index in [9.17, 15) is 18.0 Å². The molecule has 2 aromatic carbocycles. The zero-order valence-corrected chi connectivity index (χ0v) is 18.3. The smallest absolute Gasteiger partial charge is 0.310 e. The van der Waals surface area contributed by atoms with E-state index in [4.69, 9.17) is 4.74 Å². The van der Waals surface area contributed by atoms with Gasteiger partial charge in [0.15, 0.2) is 0 Å². The molecule has 0 radical (unpaired) electrons. The van der Waals surface area contributed by atoms with Crippen LogP contribution in [-0.2, 0) is 37.2 Å². The van der Waals surface area contributed by atoms with E-state index in [1.54, 1.807) is 69.3 Å². The number of carbonyl (C=O) groups excluding carboxylic acids is 2. The van der Waals surface area contributed by atoms with Crippen molar-refractivity contribution in [2.75, 3.05) is 11.9 Å². The summed E-state index contributed by atoms with van der Waals surface area (Å²) in [7, 11) is -3.52. The molecule has 7 nitrogen and oxygen atoms in total. The lowest BCUT2D eigenvalue weighted by molar-refractivity contribution is -0.142. The third kappa shape index (κ3) is 7.61. The van der Waals surface area contributed by atoms with Gasteiger partial charge in [-0.25, -0.2) is 13.1 Å². The van der Waals surface area contributed by atoms with E-state index in [0.29, 0.717) is 18.7 Å². The molecule has 2 rings (SSSR count). The van der Waals surface area contributed by atoms with Crippen molar-refractivity contribution in [1.82, 2.24) is 4.72 Å². The Bertz CT molecular complexity index is 952. The minimum Gasteiger partial charge on any atom is -0.466 e. The van der Waals surface area contributed by atoms with E-state index in [1.165, 1.54) is 0 Å². The fourth-order valence-corrected chi connectivity index (χ4v) is 4.03. The van der Waals surface area contributed by atoms with Crippen molar-refractivity contribution in [1.29, 1.82) is 0 Å². The molecular weight excluding hydrogens is 404 g/mol. The lowest BCUT2D eigenvalue weighted by Crippen LogP contribution is -2.30. The monoisotopic (exact) mass is 432 g/mol. The average Bonchev–Trinajstić information content (AvgIpc) is 2.67. The largest absolute Gasteiger partial charge is 0.466 e. The van der Waals surface area contributed by atoms with E-state index in [1.807, 2.05) is 0 Å². The summed E-state index contributed by atoms with van der Waals surface area (Å²) >= 11 is 0. The molecule has 0 saturated carbocycles.